The van der Waals surface area contributed by atoms with Gasteiger partial charge in [-0.2, -0.15) is 0 Å². The molecule has 0 spiro atoms. The number of esters is 1. The number of carbonyl (C=O) groups excluding carboxylic acids is 2. The van der Waals surface area contributed by atoms with Crippen molar-refractivity contribution in [2.24, 2.45) is 0 Å². The fourth-order valence-electron chi connectivity index (χ4n) is 0.917. The molecule has 80 valence electrons. The molecule has 0 saturated carbocycles. The summed E-state index contributed by atoms with van der Waals surface area (Å²) < 4.78 is 4.74. The molecule has 1 aromatic rings. The van der Waals surface area contributed by atoms with Crippen molar-refractivity contribution in [3.63, 3.8) is 0 Å². The molecule has 15 heavy (non-hydrogen) atoms. The van der Waals surface area contributed by atoms with Crippen LogP contribution >= 0.6 is 0 Å². The largest absolute Gasteiger partial charge is 0.457 e. The maximum atomic E-state index is 11.3. The highest BCUT2D eigenvalue weighted by molar-refractivity contribution is 6.34. The average Bonchev–Trinajstić information content (AvgIpc) is 2.18. The Morgan fingerprint density at radius 3 is 2.47 bits per heavy atom. The third kappa shape index (κ3) is 3.84. The van der Waals surface area contributed by atoms with Gasteiger partial charge in [-0.05, 0) is 19.9 Å². The molecule has 0 bridgehead atoms. The molecule has 1 aromatic heterocycles. The highest BCUT2D eigenvalue weighted by Crippen LogP contribution is 1.95. The number of rotatable bonds is 4. The van der Waals surface area contributed by atoms with Gasteiger partial charge in [0.05, 0.1) is 12.5 Å². The van der Waals surface area contributed by atoms with Gasteiger partial charge in [0.1, 0.15) is 5.82 Å². The lowest BCUT2D eigenvalue weighted by Crippen LogP contribution is -2.23. The van der Waals surface area contributed by atoms with Crippen molar-refractivity contribution in [2.45, 2.75) is 26.4 Å². The predicted molar refractivity (Wildman–Crippen MR) is 52.0 cm³/mol. The van der Waals surface area contributed by atoms with Gasteiger partial charge in [-0.1, -0.05) is 0 Å². The zero-order valence-corrected chi connectivity index (χ0v) is 8.64. The van der Waals surface area contributed by atoms with Crippen molar-refractivity contribution in [3.8, 4) is 0 Å². The Bertz CT molecular complexity index is 349. The molecule has 1 heterocycles. The summed E-state index contributed by atoms with van der Waals surface area (Å²) in [5.41, 5.74) is 0. The van der Waals surface area contributed by atoms with Crippen LogP contribution in [-0.4, -0.2) is 27.8 Å². The van der Waals surface area contributed by atoms with E-state index >= 15 is 0 Å². The molecule has 0 atom stereocenters. The van der Waals surface area contributed by atoms with Gasteiger partial charge in [-0.15, -0.1) is 0 Å². The van der Waals surface area contributed by atoms with Crippen molar-refractivity contribution in [3.05, 3.63) is 24.3 Å². The molecule has 0 amide bonds. The van der Waals surface area contributed by atoms with E-state index in [1.54, 1.807) is 19.9 Å². The molecular weight excluding hydrogens is 196 g/mol. The number of nitrogens with zero attached hydrogens (tertiary/aromatic N) is 2. The van der Waals surface area contributed by atoms with E-state index in [1.807, 2.05) is 0 Å². The summed E-state index contributed by atoms with van der Waals surface area (Å²) in [6.45, 7) is 3.37. The van der Waals surface area contributed by atoms with Crippen molar-refractivity contribution in [1.29, 1.82) is 0 Å². The SMILES string of the molecule is CC(C)OC(=O)C(=O)Cc1ncccn1. The van der Waals surface area contributed by atoms with Gasteiger partial charge >= 0.3 is 5.97 Å². The van der Waals surface area contributed by atoms with E-state index < -0.39 is 11.8 Å². The Kier molecular flexibility index (Phi) is 3.91. The van der Waals surface area contributed by atoms with Crippen LogP contribution in [0.2, 0.25) is 0 Å². The highest BCUT2D eigenvalue weighted by Gasteiger charge is 2.18. The van der Waals surface area contributed by atoms with Gasteiger partial charge in [0.15, 0.2) is 0 Å². The Labute approximate surface area is 87.5 Å². The van der Waals surface area contributed by atoms with Crippen LogP contribution in [0, 0.1) is 0 Å². The molecule has 0 saturated heterocycles. The number of aromatic nitrogens is 2. The van der Waals surface area contributed by atoms with E-state index in [4.69, 9.17) is 4.74 Å². The van der Waals surface area contributed by atoms with Crippen LogP contribution in [-0.2, 0) is 20.7 Å². The number of hydrogen-bond acceptors (Lipinski definition) is 5. The Hall–Kier alpha value is -1.78. The Balaban J connectivity index is 2.53. The van der Waals surface area contributed by atoms with E-state index in [2.05, 4.69) is 9.97 Å². The molecule has 1 rings (SSSR count). The minimum absolute atomic E-state index is 0.119. The molecule has 0 aromatic carbocycles. The first-order valence-electron chi connectivity index (χ1n) is 4.59. The van der Waals surface area contributed by atoms with Crippen molar-refractivity contribution >= 4 is 11.8 Å². The van der Waals surface area contributed by atoms with Crippen molar-refractivity contribution < 1.29 is 14.3 Å². The van der Waals surface area contributed by atoms with Crippen LogP contribution in [0.5, 0.6) is 0 Å². The van der Waals surface area contributed by atoms with E-state index in [-0.39, 0.29) is 12.5 Å². The minimum Gasteiger partial charge on any atom is -0.457 e. The third-order valence-corrected chi connectivity index (χ3v) is 1.51. The quantitative estimate of drug-likeness (QED) is 0.533. The van der Waals surface area contributed by atoms with Crippen molar-refractivity contribution in [2.75, 3.05) is 0 Å². The second-order valence-corrected chi connectivity index (χ2v) is 3.22. The van der Waals surface area contributed by atoms with Crippen LogP contribution < -0.4 is 0 Å². The first-order valence-corrected chi connectivity index (χ1v) is 4.59. The third-order valence-electron chi connectivity index (χ3n) is 1.51. The van der Waals surface area contributed by atoms with Gasteiger partial charge in [0, 0.05) is 12.4 Å². The zero-order valence-electron chi connectivity index (χ0n) is 8.64. The lowest BCUT2D eigenvalue weighted by Gasteiger charge is -2.05. The maximum absolute atomic E-state index is 11.3. The number of Topliss-reactive ketones (excluding diaryl/α,β-unsaturated/α-hetero) is 1. The summed E-state index contributed by atoms with van der Waals surface area (Å²) in [7, 11) is 0. The van der Waals surface area contributed by atoms with Gasteiger partial charge in [0.25, 0.3) is 0 Å². The van der Waals surface area contributed by atoms with Crippen LogP contribution in [0.1, 0.15) is 19.7 Å². The summed E-state index contributed by atoms with van der Waals surface area (Å²) in [4.78, 5) is 30.1. The molecule has 0 unspecified atom stereocenters. The Morgan fingerprint density at radius 2 is 1.93 bits per heavy atom. The summed E-state index contributed by atoms with van der Waals surface area (Å²) >= 11 is 0. The molecule has 0 aliphatic heterocycles. The Morgan fingerprint density at radius 1 is 1.33 bits per heavy atom. The molecule has 0 N–H and O–H groups in total. The molecular formula is C10H12N2O3. The second-order valence-electron chi connectivity index (χ2n) is 3.22. The van der Waals surface area contributed by atoms with Gasteiger partial charge < -0.3 is 4.74 Å². The zero-order chi connectivity index (χ0) is 11.3. The monoisotopic (exact) mass is 208 g/mol. The van der Waals surface area contributed by atoms with E-state index in [9.17, 15) is 9.59 Å². The van der Waals surface area contributed by atoms with E-state index in [1.165, 1.54) is 12.4 Å². The van der Waals surface area contributed by atoms with E-state index in [0.717, 1.165) is 0 Å². The highest BCUT2D eigenvalue weighted by atomic mass is 16.5. The summed E-state index contributed by atoms with van der Waals surface area (Å²) in [6, 6.07) is 1.64. The molecule has 0 aliphatic carbocycles. The van der Waals surface area contributed by atoms with Gasteiger partial charge in [-0.25, -0.2) is 14.8 Å². The molecule has 0 radical (unpaired) electrons. The van der Waals surface area contributed by atoms with Crippen LogP contribution in [0.3, 0.4) is 0 Å². The number of carbonyl (C=O) groups is 2. The van der Waals surface area contributed by atoms with Gasteiger partial charge in [-0.3, -0.25) is 4.79 Å². The smallest absolute Gasteiger partial charge is 0.375 e. The molecule has 5 nitrogen and oxygen atoms in total. The summed E-state index contributed by atoms with van der Waals surface area (Å²) in [6.07, 6.45) is 2.62. The molecule has 5 heteroatoms. The van der Waals surface area contributed by atoms with Crippen LogP contribution in [0.25, 0.3) is 0 Å². The summed E-state index contributed by atoms with van der Waals surface area (Å²) in [5, 5.41) is 0. The first kappa shape index (κ1) is 11.3. The fraction of sp³-hybridized carbons (Fsp3) is 0.400. The lowest BCUT2D eigenvalue weighted by atomic mass is 10.2. The average molecular weight is 208 g/mol. The molecule has 0 fully saturated rings. The topological polar surface area (TPSA) is 69.2 Å². The second kappa shape index (κ2) is 5.19. The van der Waals surface area contributed by atoms with Crippen molar-refractivity contribution in [1.82, 2.24) is 9.97 Å². The first-order chi connectivity index (χ1) is 7.09. The molecule has 0 aliphatic rings. The number of hydrogen-bond donors (Lipinski definition) is 0. The standard InChI is InChI=1S/C10H12N2O3/c1-7(2)15-10(14)8(13)6-9-11-4-3-5-12-9/h3-5,7H,6H2,1-2H3. The fourth-order valence-corrected chi connectivity index (χ4v) is 0.917. The predicted octanol–water partition coefficient (Wildman–Crippen LogP) is 0.540. The maximum Gasteiger partial charge on any atom is 0.375 e. The lowest BCUT2D eigenvalue weighted by molar-refractivity contribution is -0.156. The van der Waals surface area contributed by atoms with E-state index in [0.29, 0.717) is 5.82 Å². The van der Waals surface area contributed by atoms with Crippen LogP contribution in [0.15, 0.2) is 18.5 Å². The number of ketones is 1. The number of ether oxygens (including phenoxy) is 1. The normalized spacial score (nSPS) is 10.1. The van der Waals surface area contributed by atoms with Crippen LogP contribution in [0.4, 0.5) is 0 Å². The van der Waals surface area contributed by atoms with Gasteiger partial charge in [0.2, 0.25) is 5.78 Å². The summed E-state index contributed by atoms with van der Waals surface area (Å²) in [5.74, 6) is -1.14. The minimum atomic E-state index is -0.836.